The van der Waals surface area contributed by atoms with Crippen LogP contribution in [0.1, 0.15) is 28.2 Å². The van der Waals surface area contributed by atoms with Gasteiger partial charge in [-0.05, 0) is 47.4 Å². The van der Waals surface area contributed by atoms with E-state index in [-0.39, 0.29) is 5.92 Å². The number of hydrogen-bond acceptors (Lipinski definition) is 2. The van der Waals surface area contributed by atoms with Crippen LogP contribution in [-0.2, 0) is 0 Å². The molecule has 0 N–H and O–H groups in total. The molecule has 0 saturated carbocycles. The molecule has 3 heteroatoms. The predicted molar refractivity (Wildman–Crippen MR) is 129 cm³/mol. The highest BCUT2D eigenvalue weighted by molar-refractivity contribution is 6.38. The Balaban J connectivity index is 1.70. The molecule has 2 aromatic heterocycles. The third kappa shape index (κ3) is 3.83. The molecule has 0 aliphatic rings. The number of fused-ring (bicyclic) bond motifs is 1. The summed E-state index contributed by atoms with van der Waals surface area (Å²) in [7, 11) is 0. The van der Waals surface area contributed by atoms with Gasteiger partial charge in [0.1, 0.15) is 0 Å². The zero-order valence-corrected chi connectivity index (χ0v) is 17.9. The van der Waals surface area contributed by atoms with Gasteiger partial charge in [-0.3, -0.25) is 9.97 Å². The Morgan fingerprint density at radius 2 is 1.55 bits per heavy atom. The first-order valence-electron chi connectivity index (χ1n) is 10.3. The van der Waals surface area contributed by atoms with Crippen molar-refractivity contribution in [1.29, 1.82) is 0 Å². The van der Waals surface area contributed by atoms with E-state index in [0.29, 0.717) is 0 Å². The van der Waals surface area contributed by atoms with E-state index in [4.69, 9.17) is 11.6 Å². The number of halogens is 1. The zero-order valence-electron chi connectivity index (χ0n) is 17.2. The van der Waals surface area contributed by atoms with Gasteiger partial charge in [-0.2, -0.15) is 0 Å². The van der Waals surface area contributed by atoms with E-state index < -0.39 is 0 Å². The van der Waals surface area contributed by atoms with E-state index in [2.05, 4.69) is 77.6 Å². The highest BCUT2D eigenvalue weighted by atomic mass is 35.5. The van der Waals surface area contributed by atoms with Crippen molar-refractivity contribution in [3.8, 4) is 11.1 Å². The number of aryl methyl sites for hydroxylation is 1. The van der Waals surface area contributed by atoms with Gasteiger partial charge in [0.2, 0.25) is 0 Å². The van der Waals surface area contributed by atoms with Gasteiger partial charge in [0.05, 0.1) is 10.5 Å². The normalized spacial score (nSPS) is 12.1. The average molecular weight is 421 g/mol. The summed E-state index contributed by atoms with van der Waals surface area (Å²) in [5.41, 5.74) is 7.68. The molecule has 0 fully saturated rings. The topological polar surface area (TPSA) is 25.8 Å². The maximum absolute atomic E-state index is 6.92. The smallest absolute Gasteiger partial charge is 0.0717 e. The van der Waals surface area contributed by atoms with Crippen molar-refractivity contribution < 1.29 is 0 Å². The molecule has 1 atom stereocenters. The van der Waals surface area contributed by atoms with Crippen molar-refractivity contribution in [3.63, 3.8) is 0 Å². The number of benzene rings is 3. The molecular weight excluding hydrogens is 400 g/mol. The molecule has 0 saturated heterocycles. The van der Waals surface area contributed by atoms with Gasteiger partial charge >= 0.3 is 0 Å². The second kappa shape index (κ2) is 8.33. The Bertz CT molecular complexity index is 1350. The minimum absolute atomic E-state index is 0.0643. The molecule has 3 aromatic carbocycles. The summed E-state index contributed by atoms with van der Waals surface area (Å²) >= 11 is 6.92. The van der Waals surface area contributed by atoms with Crippen LogP contribution in [0.25, 0.3) is 22.0 Å². The minimum atomic E-state index is 0.0643. The minimum Gasteiger partial charge on any atom is -0.264 e. The average Bonchev–Trinajstić information content (AvgIpc) is 2.81. The van der Waals surface area contributed by atoms with E-state index in [9.17, 15) is 0 Å². The fraction of sp³-hybridized carbons (Fsp3) is 0.0714. The van der Waals surface area contributed by atoms with Gasteiger partial charge in [-0.15, -0.1) is 0 Å². The lowest BCUT2D eigenvalue weighted by Gasteiger charge is -2.20. The van der Waals surface area contributed by atoms with E-state index in [0.717, 1.165) is 32.6 Å². The van der Waals surface area contributed by atoms with E-state index in [1.165, 1.54) is 16.7 Å². The second-order valence-electron chi connectivity index (χ2n) is 7.76. The number of aromatic nitrogens is 2. The quantitative estimate of drug-likeness (QED) is 0.302. The van der Waals surface area contributed by atoms with Crippen LogP contribution in [0.2, 0.25) is 5.02 Å². The fourth-order valence-electron chi connectivity index (χ4n) is 4.15. The van der Waals surface area contributed by atoms with Crippen molar-refractivity contribution in [1.82, 2.24) is 9.97 Å². The molecule has 5 aromatic rings. The highest BCUT2D eigenvalue weighted by Gasteiger charge is 2.19. The lowest BCUT2D eigenvalue weighted by molar-refractivity contribution is 0.963. The number of hydrogen-bond donors (Lipinski definition) is 0. The summed E-state index contributed by atoms with van der Waals surface area (Å²) in [5.74, 6) is 0.0643. The summed E-state index contributed by atoms with van der Waals surface area (Å²) < 4.78 is 0. The molecule has 1 unspecified atom stereocenters. The maximum atomic E-state index is 6.92. The molecule has 2 nitrogen and oxygen atoms in total. The largest absolute Gasteiger partial charge is 0.264 e. The molecule has 31 heavy (non-hydrogen) atoms. The van der Waals surface area contributed by atoms with Gasteiger partial charge in [-0.1, -0.05) is 83.9 Å². The number of rotatable bonds is 4. The SMILES string of the molecule is Cc1cccc(C(c2cccnc2)c2ccc3ncc(-c4ccccc4)c(Cl)c3c2)c1. The van der Waals surface area contributed by atoms with Crippen LogP contribution < -0.4 is 0 Å². The first kappa shape index (κ1) is 19.5. The highest BCUT2D eigenvalue weighted by Crippen LogP contribution is 2.37. The Morgan fingerprint density at radius 1 is 0.742 bits per heavy atom. The van der Waals surface area contributed by atoms with Crippen molar-refractivity contribution in [2.24, 2.45) is 0 Å². The third-order valence-corrected chi connectivity index (χ3v) is 6.04. The molecule has 0 aliphatic carbocycles. The van der Waals surface area contributed by atoms with Crippen molar-refractivity contribution in [2.75, 3.05) is 0 Å². The van der Waals surface area contributed by atoms with Crippen LogP contribution in [0, 0.1) is 6.92 Å². The number of pyridine rings is 2. The van der Waals surface area contributed by atoms with E-state index in [1.54, 1.807) is 0 Å². The van der Waals surface area contributed by atoms with Crippen molar-refractivity contribution >= 4 is 22.5 Å². The van der Waals surface area contributed by atoms with Gasteiger partial charge in [-0.25, -0.2) is 0 Å². The van der Waals surface area contributed by atoms with E-state index >= 15 is 0 Å². The summed E-state index contributed by atoms with van der Waals surface area (Å²) in [6.07, 6.45) is 5.61. The van der Waals surface area contributed by atoms with Crippen LogP contribution in [0.4, 0.5) is 0 Å². The van der Waals surface area contributed by atoms with Gasteiger partial charge < -0.3 is 0 Å². The molecule has 0 spiro atoms. The molecule has 0 aliphatic heterocycles. The molecule has 0 bridgehead atoms. The molecule has 150 valence electrons. The third-order valence-electron chi connectivity index (χ3n) is 5.64. The Labute approximate surface area is 187 Å². The summed E-state index contributed by atoms with van der Waals surface area (Å²) in [4.78, 5) is 9.06. The first-order valence-corrected chi connectivity index (χ1v) is 10.7. The van der Waals surface area contributed by atoms with Crippen LogP contribution in [0.15, 0.2) is 104 Å². The Morgan fingerprint density at radius 3 is 2.32 bits per heavy atom. The Kier molecular flexibility index (Phi) is 5.23. The zero-order chi connectivity index (χ0) is 21.2. The summed E-state index contributed by atoms with van der Waals surface area (Å²) in [6, 6.07) is 29.3. The lowest BCUT2D eigenvalue weighted by Crippen LogP contribution is -2.04. The van der Waals surface area contributed by atoms with E-state index in [1.807, 2.05) is 42.9 Å². The molecule has 5 rings (SSSR count). The maximum Gasteiger partial charge on any atom is 0.0717 e. The van der Waals surface area contributed by atoms with Crippen LogP contribution >= 0.6 is 11.6 Å². The van der Waals surface area contributed by atoms with Crippen LogP contribution in [0.3, 0.4) is 0 Å². The van der Waals surface area contributed by atoms with Gasteiger partial charge in [0.15, 0.2) is 0 Å². The predicted octanol–water partition coefficient (Wildman–Crippen LogP) is 7.44. The monoisotopic (exact) mass is 420 g/mol. The van der Waals surface area contributed by atoms with Crippen LogP contribution in [-0.4, -0.2) is 9.97 Å². The second-order valence-corrected chi connectivity index (χ2v) is 8.14. The molecule has 0 radical (unpaired) electrons. The van der Waals surface area contributed by atoms with Crippen molar-refractivity contribution in [3.05, 3.63) is 131 Å². The first-order chi connectivity index (χ1) is 15.2. The summed E-state index contributed by atoms with van der Waals surface area (Å²) in [6.45, 7) is 2.12. The molecule has 2 heterocycles. The molecular formula is C28H21ClN2. The standard InChI is InChI=1S/C28H21ClN2/c1-19-7-5-10-21(15-19)27(23-11-6-14-30-17-23)22-12-13-26-24(16-22)28(29)25(18-31-26)20-8-3-2-4-9-20/h2-18,27H,1H3. The lowest BCUT2D eigenvalue weighted by atomic mass is 9.85. The van der Waals surface area contributed by atoms with Crippen LogP contribution in [0.5, 0.6) is 0 Å². The molecule has 0 amide bonds. The van der Waals surface area contributed by atoms with Crippen molar-refractivity contribution in [2.45, 2.75) is 12.8 Å². The Hall–Kier alpha value is -3.49. The fourth-order valence-corrected chi connectivity index (χ4v) is 4.46. The van der Waals surface area contributed by atoms with Gasteiger partial charge in [0, 0.05) is 35.5 Å². The van der Waals surface area contributed by atoms with Gasteiger partial charge in [0.25, 0.3) is 0 Å². The number of nitrogens with zero attached hydrogens (tertiary/aromatic N) is 2. The summed E-state index contributed by atoms with van der Waals surface area (Å²) in [5, 5.41) is 1.69.